The predicted molar refractivity (Wildman–Crippen MR) is 95.5 cm³/mol. The number of carboxylic acids is 1. The molecule has 0 aliphatic carbocycles. The zero-order valence-electron chi connectivity index (χ0n) is 17.0. The van der Waals surface area contributed by atoms with Crippen LogP contribution in [0, 0.1) is 20.2 Å². The van der Waals surface area contributed by atoms with Crippen LogP contribution in [0.25, 0.3) is 0 Å². The highest BCUT2D eigenvalue weighted by atomic mass is 17.0. The number of hydrogen-bond donors (Lipinski definition) is 1. The lowest BCUT2D eigenvalue weighted by atomic mass is 9.74. The number of aliphatic carboxylic acids is 1. The lowest BCUT2D eigenvalue weighted by Gasteiger charge is -2.59. The maximum absolute atomic E-state index is 11.8. The Balaban J connectivity index is 2.89. The second-order valence-electron chi connectivity index (χ2n) is 8.66. The molecule has 12 nitrogen and oxygen atoms in total. The topological polar surface area (TPSA) is 155 Å². The first-order chi connectivity index (χ1) is 12.6. The summed E-state index contributed by atoms with van der Waals surface area (Å²) in [7, 11) is 0. The number of nitrogens with zero attached hydrogens (tertiary/aromatic N) is 3. The van der Waals surface area contributed by atoms with Gasteiger partial charge in [0.1, 0.15) is 12.1 Å². The van der Waals surface area contributed by atoms with Gasteiger partial charge in [0.05, 0.1) is 12.7 Å². The fourth-order valence-electron chi connectivity index (χ4n) is 4.53. The summed E-state index contributed by atoms with van der Waals surface area (Å²) in [5.74, 6) is -0.940. The van der Waals surface area contributed by atoms with Crippen LogP contribution in [0.2, 0.25) is 0 Å². The molecule has 0 spiro atoms. The van der Waals surface area contributed by atoms with Crippen LogP contribution in [0.1, 0.15) is 54.4 Å². The van der Waals surface area contributed by atoms with Crippen molar-refractivity contribution in [3.63, 3.8) is 0 Å². The molecular formula is C16H29N3O9. The van der Waals surface area contributed by atoms with Crippen molar-refractivity contribution in [2.24, 2.45) is 0 Å². The summed E-state index contributed by atoms with van der Waals surface area (Å²) in [5, 5.41) is 28.4. The van der Waals surface area contributed by atoms with Gasteiger partial charge in [-0.05, 0) is 54.4 Å². The Morgan fingerprint density at radius 1 is 1.14 bits per heavy atom. The SMILES string of the molecule is CC1(C)CC(OCC(CO[N+](=O)[O-])O[N+](=O)[O-])CC(C)(C)N1C(C)(C)C(=O)O. The molecule has 0 bridgehead atoms. The highest BCUT2D eigenvalue weighted by Gasteiger charge is 2.54. The molecule has 0 saturated carbocycles. The van der Waals surface area contributed by atoms with Gasteiger partial charge in [-0.25, -0.2) is 0 Å². The van der Waals surface area contributed by atoms with Crippen LogP contribution in [-0.4, -0.2) is 68.2 Å². The minimum absolute atomic E-state index is 0.270. The van der Waals surface area contributed by atoms with E-state index in [2.05, 4.69) is 9.68 Å². The highest BCUT2D eigenvalue weighted by Crippen LogP contribution is 2.44. The first kappa shape index (κ1) is 23.8. The summed E-state index contributed by atoms with van der Waals surface area (Å²) in [4.78, 5) is 43.2. The Bertz CT molecular complexity index is 588. The number of likely N-dealkylation sites (tertiary alicyclic amines) is 1. The van der Waals surface area contributed by atoms with Gasteiger partial charge in [-0.2, -0.15) is 0 Å². The average Bonchev–Trinajstić information content (AvgIpc) is 2.46. The molecule has 0 aromatic rings. The van der Waals surface area contributed by atoms with Gasteiger partial charge in [0, 0.05) is 11.1 Å². The molecule has 1 rings (SSSR count). The van der Waals surface area contributed by atoms with Crippen LogP contribution in [0.5, 0.6) is 0 Å². The number of piperidine rings is 1. The van der Waals surface area contributed by atoms with Crippen LogP contribution in [0.3, 0.4) is 0 Å². The van der Waals surface area contributed by atoms with E-state index >= 15 is 0 Å². The first-order valence-electron chi connectivity index (χ1n) is 8.83. The molecule has 0 aromatic heterocycles. The van der Waals surface area contributed by atoms with Crippen LogP contribution < -0.4 is 0 Å². The van der Waals surface area contributed by atoms with E-state index in [9.17, 15) is 30.1 Å². The van der Waals surface area contributed by atoms with E-state index in [0.29, 0.717) is 12.8 Å². The molecule has 12 heteroatoms. The van der Waals surface area contributed by atoms with E-state index in [-0.39, 0.29) is 12.7 Å². The second-order valence-corrected chi connectivity index (χ2v) is 8.66. The molecule has 1 unspecified atom stereocenters. The van der Waals surface area contributed by atoms with E-state index in [1.54, 1.807) is 13.8 Å². The van der Waals surface area contributed by atoms with Gasteiger partial charge in [-0.15, -0.1) is 20.2 Å². The molecule has 162 valence electrons. The predicted octanol–water partition coefficient (Wildman–Crippen LogP) is 1.67. The molecule has 1 heterocycles. The lowest BCUT2D eigenvalue weighted by Crippen LogP contribution is -2.70. The molecule has 0 radical (unpaired) electrons. The third kappa shape index (κ3) is 5.89. The Kier molecular flexibility index (Phi) is 7.18. The molecule has 0 aromatic carbocycles. The molecule has 1 atom stereocenters. The maximum atomic E-state index is 11.8. The van der Waals surface area contributed by atoms with Crippen LogP contribution in [0.15, 0.2) is 0 Å². The van der Waals surface area contributed by atoms with Gasteiger partial charge in [0.15, 0.2) is 6.10 Å². The van der Waals surface area contributed by atoms with Gasteiger partial charge >= 0.3 is 5.97 Å². The Labute approximate surface area is 162 Å². The van der Waals surface area contributed by atoms with E-state index in [1.165, 1.54) is 0 Å². The van der Waals surface area contributed by atoms with Crippen molar-refractivity contribution in [2.45, 2.75) is 83.2 Å². The summed E-state index contributed by atoms with van der Waals surface area (Å²) in [6.07, 6.45) is -0.664. The number of carbonyl (C=O) groups is 1. The van der Waals surface area contributed by atoms with E-state index in [4.69, 9.17) is 4.74 Å². The normalized spacial score (nSPS) is 20.9. The summed E-state index contributed by atoms with van der Waals surface area (Å²) < 4.78 is 5.76. The summed E-state index contributed by atoms with van der Waals surface area (Å²) in [6, 6.07) is 0. The van der Waals surface area contributed by atoms with Crippen molar-refractivity contribution in [2.75, 3.05) is 13.2 Å². The van der Waals surface area contributed by atoms with Crippen molar-refractivity contribution in [1.82, 2.24) is 4.90 Å². The summed E-state index contributed by atoms with van der Waals surface area (Å²) in [6.45, 7) is 10.0. The van der Waals surface area contributed by atoms with Crippen molar-refractivity contribution in [3.05, 3.63) is 20.2 Å². The van der Waals surface area contributed by atoms with Crippen molar-refractivity contribution >= 4 is 5.97 Å². The largest absolute Gasteiger partial charge is 0.480 e. The molecule has 1 aliphatic rings. The number of rotatable bonds is 10. The van der Waals surface area contributed by atoms with Gasteiger partial charge < -0.3 is 19.5 Å². The standard InChI is InChI=1S/C16H29N3O9/c1-14(2)7-11(8-15(3,4)17(14)16(5,6)13(20)21)26-9-12(28-19(24)25)10-27-18(22)23/h11-12H,7-10H2,1-6H3,(H,20,21). The number of carboxylic acid groups (broad SMARTS) is 1. The number of ether oxygens (including phenoxy) is 1. The lowest BCUT2D eigenvalue weighted by molar-refractivity contribution is -0.790. The van der Waals surface area contributed by atoms with Crippen LogP contribution in [-0.2, 0) is 19.2 Å². The highest BCUT2D eigenvalue weighted by molar-refractivity contribution is 5.78. The third-order valence-corrected chi connectivity index (χ3v) is 4.87. The molecule has 0 amide bonds. The summed E-state index contributed by atoms with van der Waals surface area (Å²) in [5.41, 5.74) is -2.22. The Morgan fingerprint density at radius 2 is 1.64 bits per heavy atom. The second kappa shape index (κ2) is 8.43. The molecule has 1 aliphatic heterocycles. The quantitative estimate of drug-likeness (QED) is 0.417. The van der Waals surface area contributed by atoms with Gasteiger partial charge in [-0.1, -0.05) is 0 Å². The molecule has 28 heavy (non-hydrogen) atoms. The zero-order chi connectivity index (χ0) is 21.9. The molecule has 1 N–H and O–H groups in total. The zero-order valence-corrected chi connectivity index (χ0v) is 17.0. The first-order valence-corrected chi connectivity index (χ1v) is 8.83. The van der Waals surface area contributed by atoms with Crippen molar-refractivity contribution in [1.29, 1.82) is 0 Å². The average molecular weight is 407 g/mol. The van der Waals surface area contributed by atoms with E-state index in [0.717, 1.165) is 0 Å². The van der Waals surface area contributed by atoms with Gasteiger partial charge in [0.25, 0.3) is 10.2 Å². The number of hydrogen-bond acceptors (Lipinski definition) is 9. The van der Waals surface area contributed by atoms with Crippen LogP contribution >= 0.6 is 0 Å². The van der Waals surface area contributed by atoms with Gasteiger partial charge in [-0.3, -0.25) is 9.69 Å². The van der Waals surface area contributed by atoms with E-state index < -0.39 is 45.5 Å². The molecule has 1 fully saturated rings. The molecule has 1 saturated heterocycles. The minimum Gasteiger partial charge on any atom is -0.480 e. The van der Waals surface area contributed by atoms with E-state index in [1.807, 2.05) is 32.6 Å². The fourth-order valence-corrected chi connectivity index (χ4v) is 4.53. The van der Waals surface area contributed by atoms with Crippen molar-refractivity contribution in [3.8, 4) is 0 Å². The Morgan fingerprint density at radius 3 is 2.04 bits per heavy atom. The fraction of sp³-hybridized carbons (Fsp3) is 0.938. The third-order valence-electron chi connectivity index (χ3n) is 4.87. The summed E-state index contributed by atoms with van der Waals surface area (Å²) >= 11 is 0. The van der Waals surface area contributed by atoms with Gasteiger partial charge in [0.2, 0.25) is 0 Å². The van der Waals surface area contributed by atoms with Crippen molar-refractivity contribution < 1.29 is 34.5 Å². The monoisotopic (exact) mass is 407 g/mol. The minimum atomic E-state index is -1.25. The van der Waals surface area contributed by atoms with Crippen LogP contribution in [0.4, 0.5) is 0 Å². The molecular weight excluding hydrogens is 378 g/mol. The Hall–Kier alpha value is -2.21. The smallest absolute Gasteiger partial charge is 0.323 e. The maximum Gasteiger partial charge on any atom is 0.323 e.